The topological polar surface area (TPSA) is 66.8 Å². The number of hydrogen-bond donors (Lipinski definition) is 1. The summed E-state index contributed by atoms with van der Waals surface area (Å²) in [6, 6.07) is 10.6. The molecule has 0 aromatic heterocycles. The first-order valence-corrected chi connectivity index (χ1v) is 11.7. The Morgan fingerprint density at radius 2 is 1.48 bits per heavy atom. The van der Waals surface area contributed by atoms with Gasteiger partial charge in [0.15, 0.2) is 0 Å². The van der Waals surface area contributed by atoms with Gasteiger partial charge in [0.1, 0.15) is 0 Å². The molecule has 1 aromatic carbocycles. The molecule has 0 aliphatic carbocycles. The van der Waals surface area contributed by atoms with Crippen LogP contribution in [-0.4, -0.2) is 41.6 Å². The Hall–Kier alpha value is -2.06. The smallest absolute Gasteiger partial charge is 0.308 e. The second-order valence-corrected chi connectivity index (χ2v) is 8.08. The zero-order chi connectivity index (χ0) is 24.2. The molecule has 1 aliphatic heterocycles. The molecule has 31 heavy (non-hydrogen) atoms. The van der Waals surface area contributed by atoms with Crippen LogP contribution >= 0.6 is 0 Å². The first-order valence-electron chi connectivity index (χ1n) is 11.7. The highest BCUT2D eigenvalue weighted by Gasteiger charge is 2.15. The lowest BCUT2D eigenvalue weighted by Crippen LogP contribution is -2.28. The van der Waals surface area contributed by atoms with Crippen molar-refractivity contribution < 1.29 is 19.4 Å². The fraction of sp³-hybridized carbons (Fsp3) is 0.692. The second kappa shape index (κ2) is 19.9. The van der Waals surface area contributed by atoms with Gasteiger partial charge >= 0.3 is 5.97 Å². The number of carbonyl (C=O) groups is 2. The van der Waals surface area contributed by atoms with Crippen LogP contribution in [0.25, 0.3) is 0 Å². The summed E-state index contributed by atoms with van der Waals surface area (Å²) in [5.74, 6) is -0.258. The average Bonchev–Trinajstić information content (AvgIpc) is 2.71. The van der Waals surface area contributed by atoms with Gasteiger partial charge in [-0.15, -0.1) is 0 Å². The van der Waals surface area contributed by atoms with Crippen LogP contribution in [-0.2, 0) is 27.3 Å². The van der Waals surface area contributed by atoms with Gasteiger partial charge in [-0.25, -0.2) is 0 Å². The predicted octanol–water partition coefficient (Wildman–Crippen LogP) is 5.79. The molecule has 5 heteroatoms. The number of nitrogens with zero attached hydrogens (tertiary/aromatic N) is 1. The van der Waals surface area contributed by atoms with Gasteiger partial charge in [-0.1, -0.05) is 60.1 Å². The number of carbonyl (C=O) groups excluding carboxylic acids is 1. The van der Waals surface area contributed by atoms with E-state index >= 15 is 0 Å². The van der Waals surface area contributed by atoms with Gasteiger partial charge < -0.3 is 9.84 Å². The number of hydrogen-bond acceptors (Lipinski definition) is 4. The van der Waals surface area contributed by atoms with Gasteiger partial charge in [-0.05, 0) is 57.3 Å². The number of likely N-dealkylation sites (tertiary alicyclic amines) is 1. The van der Waals surface area contributed by atoms with Crippen molar-refractivity contribution in [1.82, 2.24) is 4.90 Å². The van der Waals surface area contributed by atoms with Crippen molar-refractivity contribution in [3.8, 4) is 0 Å². The minimum absolute atomic E-state index is 0.123. The molecular weight excluding hydrogens is 390 g/mol. The highest BCUT2D eigenvalue weighted by molar-refractivity contribution is 5.72. The summed E-state index contributed by atoms with van der Waals surface area (Å²) in [7, 11) is 0. The Morgan fingerprint density at radius 3 is 1.90 bits per heavy atom. The van der Waals surface area contributed by atoms with E-state index in [9.17, 15) is 4.79 Å². The number of rotatable bonds is 6. The number of esters is 1. The lowest BCUT2D eigenvalue weighted by Gasteiger charge is -2.25. The van der Waals surface area contributed by atoms with E-state index in [1.54, 1.807) is 0 Å². The molecule has 1 aliphatic rings. The molecule has 0 unspecified atom stereocenters. The second-order valence-electron chi connectivity index (χ2n) is 8.08. The fourth-order valence-corrected chi connectivity index (χ4v) is 2.71. The summed E-state index contributed by atoms with van der Waals surface area (Å²) < 4.78 is 5.03. The van der Waals surface area contributed by atoms with Gasteiger partial charge in [0.2, 0.25) is 0 Å². The number of carboxylic acid groups (broad SMARTS) is 1. The summed E-state index contributed by atoms with van der Waals surface area (Å²) in [6.45, 7) is 19.1. The Morgan fingerprint density at radius 1 is 1.03 bits per heavy atom. The maximum atomic E-state index is 11.6. The standard InChI is InChI=1S/C18H25NO2.C4H10.C2H4O2.C2H6/c1-3-21-18(20)15(2)13-16-7-9-17(10-8-16)14-19-11-5-4-6-12-19;1-4(2)3;1-2(3)4;1-2/h7,9,15H,3-6,11-14H2,1-2H3;4H,1-3H3;1H3,(H,3,4);1-2H3/t15-;;;/m1.../s1. The van der Waals surface area contributed by atoms with E-state index in [2.05, 4.69) is 49.9 Å². The van der Waals surface area contributed by atoms with E-state index in [0.717, 1.165) is 24.9 Å². The molecule has 1 N–H and O–H groups in total. The summed E-state index contributed by atoms with van der Waals surface area (Å²) in [6.07, 6.45) is 4.63. The molecule has 1 heterocycles. The third-order valence-corrected chi connectivity index (χ3v) is 3.93. The van der Waals surface area contributed by atoms with E-state index in [-0.39, 0.29) is 11.9 Å². The largest absolute Gasteiger partial charge is 0.481 e. The fourth-order valence-electron chi connectivity index (χ4n) is 2.71. The van der Waals surface area contributed by atoms with Crippen molar-refractivity contribution in [3.05, 3.63) is 35.4 Å². The Bertz CT molecular complexity index is 557. The summed E-state index contributed by atoms with van der Waals surface area (Å²) >= 11 is 0. The van der Waals surface area contributed by atoms with Crippen molar-refractivity contribution in [2.24, 2.45) is 11.8 Å². The normalized spacial score (nSPS) is 13.7. The highest BCUT2D eigenvalue weighted by atomic mass is 16.5. The van der Waals surface area contributed by atoms with Crippen LogP contribution in [0.2, 0.25) is 0 Å². The molecule has 2 rings (SSSR count). The molecule has 0 spiro atoms. The predicted molar refractivity (Wildman–Crippen MR) is 128 cm³/mol. The monoisotopic (exact) mass is 435 g/mol. The van der Waals surface area contributed by atoms with Crippen LogP contribution in [0.15, 0.2) is 12.1 Å². The summed E-state index contributed by atoms with van der Waals surface area (Å²) in [4.78, 5) is 23.1. The van der Waals surface area contributed by atoms with Gasteiger partial charge in [0, 0.05) is 24.6 Å². The zero-order valence-electron chi connectivity index (χ0n) is 21.1. The van der Waals surface area contributed by atoms with Crippen LogP contribution in [0.1, 0.15) is 85.8 Å². The SMILES string of the molecule is CC.CC(=O)O.CC(C)C.CCOC(=O)[C@H](C)Cc1c#cc(CN2CCCCC2)cc1. The molecule has 0 bridgehead atoms. The van der Waals surface area contributed by atoms with E-state index in [0.29, 0.717) is 13.0 Å². The lowest BCUT2D eigenvalue weighted by atomic mass is 10.0. The third kappa shape index (κ3) is 19.6. The van der Waals surface area contributed by atoms with E-state index in [4.69, 9.17) is 14.6 Å². The summed E-state index contributed by atoms with van der Waals surface area (Å²) in [5, 5.41) is 7.42. The van der Waals surface area contributed by atoms with Gasteiger partial charge in [-0.3, -0.25) is 14.5 Å². The third-order valence-electron chi connectivity index (χ3n) is 3.93. The number of aliphatic carboxylic acids is 1. The van der Waals surface area contributed by atoms with Gasteiger partial charge in [0.25, 0.3) is 5.97 Å². The van der Waals surface area contributed by atoms with Gasteiger partial charge in [0.05, 0.1) is 12.5 Å². The molecule has 1 fully saturated rings. The van der Waals surface area contributed by atoms with Crippen molar-refractivity contribution in [3.63, 3.8) is 0 Å². The molecule has 5 nitrogen and oxygen atoms in total. The molecular formula is C26H45NO4. The highest BCUT2D eigenvalue weighted by Crippen LogP contribution is 2.13. The van der Waals surface area contributed by atoms with Gasteiger partial charge in [-0.2, -0.15) is 0 Å². The quantitative estimate of drug-likeness (QED) is 0.573. The van der Waals surface area contributed by atoms with Crippen molar-refractivity contribution >= 4 is 11.9 Å². The van der Waals surface area contributed by atoms with E-state index in [1.807, 2.05) is 27.7 Å². The molecule has 178 valence electrons. The van der Waals surface area contributed by atoms with Crippen LogP contribution < -0.4 is 0 Å². The maximum Gasteiger partial charge on any atom is 0.308 e. The maximum absolute atomic E-state index is 11.6. The molecule has 0 saturated carbocycles. The van der Waals surface area contributed by atoms with Crippen molar-refractivity contribution in [2.75, 3.05) is 19.7 Å². The Labute approximate surface area is 191 Å². The summed E-state index contributed by atoms with van der Waals surface area (Å²) in [5.41, 5.74) is 2.21. The van der Waals surface area contributed by atoms with Crippen molar-refractivity contribution in [2.45, 2.75) is 87.6 Å². The van der Waals surface area contributed by atoms with Crippen molar-refractivity contribution in [1.29, 1.82) is 0 Å². The van der Waals surface area contributed by atoms with Crippen LogP contribution in [0.5, 0.6) is 0 Å². The minimum Gasteiger partial charge on any atom is -0.481 e. The first-order chi connectivity index (χ1) is 14.6. The molecule has 1 atom stereocenters. The Balaban J connectivity index is 0. The van der Waals surface area contributed by atoms with E-state index < -0.39 is 5.97 Å². The number of ether oxygens (including phenoxy) is 1. The first kappa shape index (κ1) is 31.1. The van der Waals surface area contributed by atoms with Crippen LogP contribution in [0.4, 0.5) is 0 Å². The number of carboxylic acids is 1. The molecule has 0 radical (unpaired) electrons. The Kier molecular flexibility index (Phi) is 20.0. The van der Waals surface area contributed by atoms with Crippen LogP contribution in [0, 0.1) is 24.0 Å². The number of piperidine rings is 1. The average molecular weight is 436 g/mol. The molecule has 1 aromatic rings. The lowest BCUT2D eigenvalue weighted by molar-refractivity contribution is -0.147. The van der Waals surface area contributed by atoms with E-state index in [1.165, 1.54) is 37.9 Å². The molecule has 0 amide bonds. The van der Waals surface area contributed by atoms with Crippen LogP contribution in [0.3, 0.4) is 0 Å². The minimum atomic E-state index is -0.833. The molecule has 1 saturated heterocycles. The zero-order valence-corrected chi connectivity index (χ0v) is 21.1.